The van der Waals surface area contributed by atoms with Crippen LogP contribution in [0.1, 0.15) is 64.0 Å². The maximum Gasteiger partial charge on any atom is 0.129 e. The lowest BCUT2D eigenvalue weighted by atomic mass is 9.74. The monoisotopic (exact) mass is 417 g/mol. The van der Waals surface area contributed by atoms with Crippen LogP contribution in [-0.2, 0) is 11.0 Å². The number of ether oxygens (including phenoxy) is 1. The molecule has 0 aromatic heterocycles. The highest BCUT2D eigenvalue weighted by Crippen LogP contribution is 2.38. The van der Waals surface area contributed by atoms with E-state index in [4.69, 9.17) is 4.74 Å². The Bertz CT molecular complexity index is 821. The highest BCUT2D eigenvalue weighted by Gasteiger charge is 2.34. The zero-order chi connectivity index (χ0) is 21.8. The van der Waals surface area contributed by atoms with E-state index in [1.54, 1.807) is 0 Å². The van der Waals surface area contributed by atoms with Crippen molar-refractivity contribution in [3.63, 3.8) is 0 Å². The Morgan fingerprint density at radius 3 is 2.33 bits per heavy atom. The van der Waals surface area contributed by atoms with Gasteiger partial charge >= 0.3 is 0 Å². The number of benzene rings is 2. The molecule has 1 saturated carbocycles. The summed E-state index contributed by atoms with van der Waals surface area (Å²) in [5.41, 5.74) is 2.45. The molecule has 0 bridgehead atoms. The minimum atomic E-state index is -0.791. The summed E-state index contributed by atoms with van der Waals surface area (Å²) in [7, 11) is 0. The topological polar surface area (TPSA) is 41.5 Å². The van der Waals surface area contributed by atoms with Crippen LogP contribution in [0.3, 0.4) is 0 Å². The molecule has 2 aromatic rings. The minimum Gasteiger partial charge on any atom is -0.491 e. The SMILES string of the molecule is CC(C)(C)c1cccc(C2(NCC(O)COc3cc(F)cc(F)c3)CCCCC2)c1. The van der Waals surface area contributed by atoms with Crippen molar-refractivity contribution in [2.45, 2.75) is 69.9 Å². The highest BCUT2D eigenvalue weighted by atomic mass is 19.1. The summed E-state index contributed by atoms with van der Waals surface area (Å²) >= 11 is 0. The molecule has 164 valence electrons. The van der Waals surface area contributed by atoms with Gasteiger partial charge in [0, 0.05) is 30.3 Å². The van der Waals surface area contributed by atoms with Crippen molar-refractivity contribution in [1.82, 2.24) is 5.32 Å². The molecule has 1 fully saturated rings. The molecule has 30 heavy (non-hydrogen) atoms. The van der Waals surface area contributed by atoms with Crippen molar-refractivity contribution in [2.24, 2.45) is 0 Å². The van der Waals surface area contributed by atoms with Gasteiger partial charge in [-0.1, -0.05) is 64.3 Å². The summed E-state index contributed by atoms with van der Waals surface area (Å²) in [6.45, 7) is 6.95. The second-order valence-corrected chi connectivity index (χ2v) is 9.42. The van der Waals surface area contributed by atoms with E-state index in [1.165, 1.54) is 17.5 Å². The van der Waals surface area contributed by atoms with Gasteiger partial charge in [-0.3, -0.25) is 0 Å². The van der Waals surface area contributed by atoms with Crippen molar-refractivity contribution in [1.29, 1.82) is 0 Å². The number of hydrogen-bond acceptors (Lipinski definition) is 3. The molecule has 0 saturated heterocycles. The second kappa shape index (κ2) is 9.44. The number of hydrogen-bond donors (Lipinski definition) is 2. The molecular weight excluding hydrogens is 384 g/mol. The van der Waals surface area contributed by atoms with Crippen molar-refractivity contribution >= 4 is 0 Å². The van der Waals surface area contributed by atoms with E-state index >= 15 is 0 Å². The lowest BCUT2D eigenvalue weighted by molar-refractivity contribution is 0.0897. The second-order valence-electron chi connectivity index (χ2n) is 9.42. The Morgan fingerprint density at radius 1 is 1.03 bits per heavy atom. The van der Waals surface area contributed by atoms with Crippen molar-refractivity contribution in [3.8, 4) is 5.75 Å². The third-order valence-electron chi connectivity index (χ3n) is 5.94. The fraction of sp³-hybridized carbons (Fsp3) is 0.520. The Hall–Kier alpha value is -1.98. The first-order chi connectivity index (χ1) is 14.2. The highest BCUT2D eigenvalue weighted by molar-refractivity contribution is 5.33. The Morgan fingerprint density at radius 2 is 1.70 bits per heavy atom. The molecule has 2 aromatic carbocycles. The van der Waals surface area contributed by atoms with Gasteiger partial charge < -0.3 is 15.2 Å². The molecule has 3 rings (SSSR count). The average molecular weight is 418 g/mol. The van der Waals surface area contributed by atoms with Crippen molar-refractivity contribution in [3.05, 3.63) is 65.2 Å². The number of aliphatic hydroxyl groups excluding tert-OH is 1. The van der Waals surface area contributed by atoms with Gasteiger partial charge in [-0.2, -0.15) is 0 Å². The van der Waals surface area contributed by atoms with E-state index in [9.17, 15) is 13.9 Å². The predicted octanol–water partition coefficient (Wildman–Crippen LogP) is 5.45. The van der Waals surface area contributed by atoms with Crippen LogP contribution in [0.5, 0.6) is 5.75 Å². The molecule has 0 amide bonds. The van der Waals surface area contributed by atoms with Crippen LogP contribution in [-0.4, -0.2) is 24.4 Å². The molecule has 1 unspecified atom stereocenters. The molecule has 0 spiro atoms. The molecule has 0 heterocycles. The minimum absolute atomic E-state index is 0.0337. The first kappa shape index (κ1) is 22.7. The summed E-state index contributed by atoms with van der Waals surface area (Å²) in [5, 5.41) is 14.1. The zero-order valence-electron chi connectivity index (χ0n) is 18.2. The summed E-state index contributed by atoms with van der Waals surface area (Å²) in [5.74, 6) is -1.31. The third kappa shape index (κ3) is 5.79. The van der Waals surface area contributed by atoms with E-state index in [1.807, 2.05) is 0 Å². The van der Waals surface area contributed by atoms with Crippen LogP contribution in [0.15, 0.2) is 42.5 Å². The fourth-order valence-electron chi connectivity index (χ4n) is 4.18. The first-order valence-electron chi connectivity index (χ1n) is 10.8. The number of aliphatic hydroxyl groups is 1. The first-order valence-corrected chi connectivity index (χ1v) is 10.8. The lowest BCUT2D eigenvalue weighted by Crippen LogP contribution is -2.48. The van der Waals surface area contributed by atoms with E-state index in [2.05, 4.69) is 50.4 Å². The van der Waals surface area contributed by atoms with Crippen LogP contribution >= 0.6 is 0 Å². The normalized spacial score (nSPS) is 17.5. The van der Waals surface area contributed by atoms with Crippen LogP contribution in [0.25, 0.3) is 0 Å². The maximum absolute atomic E-state index is 13.3. The Labute approximate surface area is 178 Å². The molecule has 3 nitrogen and oxygen atoms in total. The Kier molecular flexibility index (Phi) is 7.14. The van der Waals surface area contributed by atoms with Gasteiger partial charge in [-0.15, -0.1) is 0 Å². The number of rotatable bonds is 7. The molecule has 1 aliphatic carbocycles. The van der Waals surface area contributed by atoms with Gasteiger partial charge in [-0.05, 0) is 29.4 Å². The summed E-state index contributed by atoms with van der Waals surface area (Å²) in [4.78, 5) is 0. The quantitative estimate of drug-likeness (QED) is 0.629. The van der Waals surface area contributed by atoms with Gasteiger partial charge in [0.15, 0.2) is 0 Å². The maximum atomic E-state index is 13.3. The van der Waals surface area contributed by atoms with Crippen LogP contribution in [0.4, 0.5) is 8.78 Å². The lowest BCUT2D eigenvalue weighted by Gasteiger charge is -2.40. The zero-order valence-corrected chi connectivity index (χ0v) is 18.2. The Balaban J connectivity index is 1.68. The predicted molar refractivity (Wildman–Crippen MR) is 116 cm³/mol. The van der Waals surface area contributed by atoms with Crippen molar-refractivity contribution < 1.29 is 18.6 Å². The molecule has 2 N–H and O–H groups in total. The number of nitrogens with one attached hydrogen (secondary N) is 1. The standard InChI is InChI=1S/C25H33F2NO2/c1-24(2,3)18-8-7-9-19(12-18)25(10-5-4-6-11-25)28-16-22(29)17-30-23-14-20(26)13-21(27)15-23/h7-9,12-15,22,28-29H,4-6,10-11,16-17H2,1-3H3. The van der Waals surface area contributed by atoms with Gasteiger partial charge in [0.25, 0.3) is 0 Å². The van der Waals surface area contributed by atoms with Crippen LogP contribution in [0.2, 0.25) is 0 Å². The van der Waals surface area contributed by atoms with Gasteiger partial charge in [0.2, 0.25) is 0 Å². The summed E-state index contributed by atoms with van der Waals surface area (Å²) in [6.07, 6.45) is 4.75. The van der Waals surface area contributed by atoms with Crippen molar-refractivity contribution in [2.75, 3.05) is 13.2 Å². The van der Waals surface area contributed by atoms with E-state index in [-0.39, 0.29) is 23.3 Å². The fourth-order valence-corrected chi connectivity index (χ4v) is 4.18. The summed E-state index contributed by atoms with van der Waals surface area (Å²) in [6, 6.07) is 11.8. The average Bonchev–Trinajstić information content (AvgIpc) is 2.70. The van der Waals surface area contributed by atoms with Gasteiger partial charge in [0.05, 0.1) is 0 Å². The molecule has 5 heteroatoms. The van der Waals surface area contributed by atoms with Crippen LogP contribution < -0.4 is 10.1 Å². The number of halogens is 2. The smallest absolute Gasteiger partial charge is 0.129 e. The third-order valence-corrected chi connectivity index (χ3v) is 5.94. The molecule has 0 radical (unpaired) electrons. The molecular formula is C25H33F2NO2. The van der Waals surface area contributed by atoms with Gasteiger partial charge in [0.1, 0.15) is 30.1 Å². The molecule has 1 atom stereocenters. The molecule has 1 aliphatic rings. The summed E-state index contributed by atoms with van der Waals surface area (Å²) < 4.78 is 32.0. The molecule has 0 aliphatic heterocycles. The van der Waals surface area contributed by atoms with E-state index in [0.717, 1.165) is 43.9 Å². The van der Waals surface area contributed by atoms with Crippen LogP contribution in [0, 0.1) is 11.6 Å². The largest absolute Gasteiger partial charge is 0.491 e. The van der Waals surface area contributed by atoms with E-state index in [0.29, 0.717) is 6.54 Å². The van der Waals surface area contributed by atoms with Gasteiger partial charge in [-0.25, -0.2) is 8.78 Å². The van der Waals surface area contributed by atoms with E-state index < -0.39 is 17.7 Å².